The maximum absolute atomic E-state index is 12.5. The molecule has 5 heteroatoms. The van der Waals surface area contributed by atoms with Gasteiger partial charge in [-0.15, -0.1) is 0 Å². The highest BCUT2D eigenvalue weighted by Crippen LogP contribution is 2.23. The third-order valence-electron chi connectivity index (χ3n) is 4.35. The smallest absolute Gasteiger partial charge is 0.179 e. The molecule has 1 heterocycles. The molecule has 1 fully saturated rings. The molecule has 1 aromatic carbocycles. The van der Waals surface area contributed by atoms with E-state index in [9.17, 15) is 8.42 Å². The molecule has 0 amide bonds. The van der Waals surface area contributed by atoms with Gasteiger partial charge in [-0.2, -0.15) is 0 Å². The lowest BCUT2D eigenvalue weighted by Gasteiger charge is -2.32. The Balaban J connectivity index is 1.98. The van der Waals surface area contributed by atoms with E-state index in [2.05, 4.69) is 37.6 Å². The van der Waals surface area contributed by atoms with Gasteiger partial charge >= 0.3 is 0 Å². The lowest BCUT2D eigenvalue weighted by atomic mass is 9.87. The monoisotopic (exact) mass is 324 g/mol. The van der Waals surface area contributed by atoms with Crippen LogP contribution >= 0.6 is 0 Å². The highest BCUT2D eigenvalue weighted by Gasteiger charge is 2.20. The first kappa shape index (κ1) is 17.4. The van der Waals surface area contributed by atoms with Gasteiger partial charge in [-0.25, -0.2) is 8.42 Å². The van der Waals surface area contributed by atoms with E-state index in [1.54, 1.807) is 12.1 Å². The van der Waals surface area contributed by atoms with E-state index in [4.69, 9.17) is 0 Å². The van der Waals surface area contributed by atoms with Crippen LogP contribution in [0.25, 0.3) is 0 Å². The minimum atomic E-state index is -3.19. The molecule has 0 aromatic heterocycles. The Kier molecular flexibility index (Phi) is 5.30. The maximum Gasteiger partial charge on any atom is 0.179 e. The van der Waals surface area contributed by atoms with Crippen LogP contribution in [-0.4, -0.2) is 63.7 Å². The van der Waals surface area contributed by atoms with E-state index < -0.39 is 9.84 Å². The molecule has 0 N–H and O–H groups in total. The summed E-state index contributed by atoms with van der Waals surface area (Å²) in [4.78, 5) is 4.95. The lowest BCUT2D eigenvalue weighted by molar-refractivity contribution is 0.161. The van der Waals surface area contributed by atoms with Crippen molar-refractivity contribution in [3.8, 4) is 0 Å². The van der Waals surface area contributed by atoms with E-state index in [1.807, 2.05) is 12.1 Å². The van der Waals surface area contributed by atoms with Crippen LogP contribution in [0.15, 0.2) is 29.2 Å². The zero-order valence-electron chi connectivity index (χ0n) is 14.2. The number of hydrogen-bond acceptors (Lipinski definition) is 4. The van der Waals surface area contributed by atoms with Crippen LogP contribution in [0.1, 0.15) is 26.3 Å². The largest absolute Gasteiger partial charge is 0.304 e. The summed E-state index contributed by atoms with van der Waals surface area (Å²) in [7, 11) is -1.09. The molecule has 0 atom stereocenters. The number of hydrogen-bond donors (Lipinski definition) is 0. The fraction of sp³-hybridized carbons (Fsp3) is 0.647. The summed E-state index contributed by atoms with van der Waals surface area (Å²) in [5.74, 6) is 0.200. The van der Waals surface area contributed by atoms with Crippen molar-refractivity contribution in [1.29, 1.82) is 0 Å². The fourth-order valence-corrected chi connectivity index (χ4v) is 3.89. The molecular formula is C17H28N2O2S. The van der Waals surface area contributed by atoms with Crippen LogP contribution in [0, 0.1) is 0 Å². The van der Waals surface area contributed by atoms with Crippen molar-refractivity contribution in [1.82, 2.24) is 9.80 Å². The van der Waals surface area contributed by atoms with Crippen molar-refractivity contribution in [2.24, 2.45) is 0 Å². The molecule has 0 spiro atoms. The SMILES string of the molecule is CN1CCN(CCS(=O)(=O)c2ccc(C(C)(C)C)cc2)CC1. The van der Waals surface area contributed by atoms with Gasteiger partial charge in [-0.1, -0.05) is 32.9 Å². The van der Waals surface area contributed by atoms with E-state index in [0.717, 1.165) is 31.7 Å². The molecule has 0 radical (unpaired) electrons. The average molecular weight is 324 g/mol. The normalized spacial score (nSPS) is 18.5. The topological polar surface area (TPSA) is 40.6 Å². The molecule has 0 saturated carbocycles. The van der Waals surface area contributed by atoms with E-state index in [1.165, 1.54) is 0 Å². The molecule has 4 nitrogen and oxygen atoms in total. The number of rotatable bonds is 4. The number of benzene rings is 1. The lowest BCUT2D eigenvalue weighted by Crippen LogP contribution is -2.45. The summed E-state index contributed by atoms with van der Waals surface area (Å²) in [6.45, 7) is 10.9. The first-order valence-electron chi connectivity index (χ1n) is 7.93. The Hall–Kier alpha value is -0.910. The van der Waals surface area contributed by atoms with Crippen LogP contribution in [0.4, 0.5) is 0 Å². The van der Waals surface area contributed by atoms with Crippen LogP contribution in [0.3, 0.4) is 0 Å². The Morgan fingerprint density at radius 3 is 2.05 bits per heavy atom. The minimum absolute atomic E-state index is 0.0438. The van der Waals surface area contributed by atoms with Gasteiger partial charge in [0.05, 0.1) is 10.6 Å². The van der Waals surface area contributed by atoms with Crippen molar-refractivity contribution in [2.45, 2.75) is 31.1 Å². The summed E-state index contributed by atoms with van der Waals surface area (Å²) < 4.78 is 24.9. The predicted octanol–water partition coefficient (Wildman–Crippen LogP) is 2.01. The number of nitrogens with zero attached hydrogens (tertiary/aromatic N) is 2. The van der Waals surface area contributed by atoms with Crippen LogP contribution in [0.5, 0.6) is 0 Å². The zero-order valence-corrected chi connectivity index (χ0v) is 15.0. The van der Waals surface area contributed by atoms with Crippen LogP contribution in [-0.2, 0) is 15.3 Å². The first-order chi connectivity index (χ1) is 10.2. The quantitative estimate of drug-likeness (QED) is 0.849. The number of likely N-dealkylation sites (N-methyl/N-ethyl adjacent to an activating group) is 1. The second kappa shape index (κ2) is 6.69. The second-order valence-electron chi connectivity index (χ2n) is 7.24. The first-order valence-corrected chi connectivity index (χ1v) is 9.58. The summed E-state index contributed by atoms with van der Waals surface area (Å²) in [5.41, 5.74) is 1.20. The maximum atomic E-state index is 12.5. The molecule has 1 aromatic rings. The van der Waals surface area contributed by atoms with E-state index in [-0.39, 0.29) is 11.2 Å². The molecule has 1 saturated heterocycles. The van der Waals surface area contributed by atoms with Crippen molar-refractivity contribution in [3.63, 3.8) is 0 Å². The van der Waals surface area contributed by atoms with E-state index >= 15 is 0 Å². The number of piperazine rings is 1. The summed E-state index contributed by atoms with van der Waals surface area (Å²) in [6.07, 6.45) is 0. The Bertz CT molecular complexity index is 580. The van der Waals surface area contributed by atoms with Crippen LogP contribution < -0.4 is 0 Å². The average Bonchev–Trinajstić information content (AvgIpc) is 2.46. The molecule has 2 rings (SSSR count). The molecule has 0 unspecified atom stereocenters. The third kappa shape index (κ3) is 4.54. The summed E-state index contributed by atoms with van der Waals surface area (Å²) in [6, 6.07) is 7.37. The van der Waals surface area contributed by atoms with Gasteiger partial charge in [0.15, 0.2) is 9.84 Å². The molecular weight excluding hydrogens is 296 g/mol. The van der Waals surface area contributed by atoms with Gasteiger partial charge in [0.1, 0.15) is 0 Å². The highest BCUT2D eigenvalue weighted by molar-refractivity contribution is 7.91. The Morgan fingerprint density at radius 2 is 1.55 bits per heavy atom. The standard InChI is InChI=1S/C17H28N2O2S/c1-17(2,3)15-5-7-16(8-6-15)22(20,21)14-13-19-11-9-18(4)10-12-19/h5-8H,9-14H2,1-4H3. The highest BCUT2D eigenvalue weighted by atomic mass is 32.2. The molecule has 124 valence electrons. The van der Waals surface area contributed by atoms with Crippen LogP contribution in [0.2, 0.25) is 0 Å². The van der Waals surface area contributed by atoms with Gasteiger partial charge in [-0.3, -0.25) is 4.90 Å². The predicted molar refractivity (Wildman–Crippen MR) is 91.1 cm³/mol. The molecule has 1 aliphatic heterocycles. The fourth-order valence-electron chi connectivity index (χ4n) is 2.60. The Morgan fingerprint density at radius 1 is 1.00 bits per heavy atom. The molecule has 0 bridgehead atoms. The van der Waals surface area contributed by atoms with Gasteiger partial charge in [0, 0.05) is 32.7 Å². The minimum Gasteiger partial charge on any atom is -0.304 e. The molecule has 0 aliphatic carbocycles. The van der Waals surface area contributed by atoms with Crippen molar-refractivity contribution >= 4 is 9.84 Å². The van der Waals surface area contributed by atoms with Crippen molar-refractivity contribution in [2.75, 3.05) is 45.5 Å². The van der Waals surface area contributed by atoms with Gasteiger partial charge in [0.25, 0.3) is 0 Å². The molecule has 22 heavy (non-hydrogen) atoms. The zero-order chi connectivity index (χ0) is 16.4. The summed E-state index contributed by atoms with van der Waals surface area (Å²) >= 11 is 0. The van der Waals surface area contributed by atoms with Gasteiger partial charge < -0.3 is 4.90 Å². The van der Waals surface area contributed by atoms with Gasteiger partial charge in [-0.05, 0) is 30.2 Å². The third-order valence-corrected chi connectivity index (χ3v) is 6.06. The second-order valence-corrected chi connectivity index (χ2v) is 9.35. The van der Waals surface area contributed by atoms with Gasteiger partial charge in [0.2, 0.25) is 0 Å². The van der Waals surface area contributed by atoms with E-state index in [0.29, 0.717) is 11.4 Å². The molecule has 1 aliphatic rings. The number of sulfone groups is 1. The van der Waals surface area contributed by atoms with Crippen molar-refractivity contribution < 1.29 is 8.42 Å². The Labute approximate surface area is 135 Å². The summed E-state index contributed by atoms with van der Waals surface area (Å²) in [5, 5.41) is 0. The van der Waals surface area contributed by atoms with Crippen molar-refractivity contribution in [3.05, 3.63) is 29.8 Å².